The summed E-state index contributed by atoms with van der Waals surface area (Å²) in [5.74, 6) is 0.887. The van der Waals surface area contributed by atoms with Crippen molar-refractivity contribution in [2.75, 3.05) is 31.7 Å². The lowest BCUT2D eigenvalue weighted by Crippen LogP contribution is -2.33. The largest absolute Gasteiger partial charge is 0.481 e. The van der Waals surface area contributed by atoms with Crippen molar-refractivity contribution >= 4 is 5.95 Å². The molecule has 0 unspecified atom stereocenters. The summed E-state index contributed by atoms with van der Waals surface area (Å²) in [6, 6.07) is 1.63. The molecule has 0 aliphatic carbocycles. The van der Waals surface area contributed by atoms with Crippen LogP contribution in [0, 0.1) is 0 Å². The van der Waals surface area contributed by atoms with E-state index in [1.165, 1.54) is 7.11 Å². The van der Waals surface area contributed by atoms with Crippen molar-refractivity contribution in [3.8, 4) is 5.88 Å². The van der Waals surface area contributed by atoms with Gasteiger partial charge < -0.3 is 14.7 Å². The lowest BCUT2D eigenvalue weighted by Gasteiger charge is -2.18. The summed E-state index contributed by atoms with van der Waals surface area (Å²) in [5, 5.41) is 8.92. The highest BCUT2D eigenvalue weighted by Crippen LogP contribution is 2.27. The Balaban J connectivity index is 2.14. The average molecular weight is 227 g/mol. The first-order chi connectivity index (χ1) is 7.67. The number of aliphatic hydroxyl groups excluding tert-OH is 1. The summed E-state index contributed by atoms with van der Waals surface area (Å²) in [5.41, 5.74) is -1.54. The van der Waals surface area contributed by atoms with Crippen LogP contribution in [0.5, 0.6) is 5.88 Å². The summed E-state index contributed by atoms with van der Waals surface area (Å²) < 4.78 is 18.8. The van der Waals surface area contributed by atoms with Crippen molar-refractivity contribution in [1.29, 1.82) is 0 Å². The predicted molar refractivity (Wildman–Crippen MR) is 56.3 cm³/mol. The van der Waals surface area contributed by atoms with Gasteiger partial charge in [-0.2, -0.15) is 4.98 Å². The molecule has 1 aliphatic heterocycles. The van der Waals surface area contributed by atoms with E-state index in [0.717, 1.165) is 0 Å². The van der Waals surface area contributed by atoms with Crippen molar-refractivity contribution < 1.29 is 14.2 Å². The summed E-state index contributed by atoms with van der Waals surface area (Å²) in [4.78, 5) is 9.88. The molecular formula is C10H14FN3O2. The Hall–Kier alpha value is -1.43. The Bertz CT molecular complexity index is 377. The number of methoxy groups -OCH3 is 1. The number of aromatic nitrogens is 2. The minimum absolute atomic E-state index is 0.122. The smallest absolute Gasteiger partial charge is 0.228 e. The summed E-state index contributed by atoms with van der Waals surface area (Å²) >= 11 is 0. The van der Waals surface area contributed by atoms with E-state index in [-0.39, 0.29) is 6.54 Å². The molecule has 0 radical (unpaired) electrons. The molecule has 1 aromatic rings. The van der Waals surface area contributed by atoms with E-state index in [0.29, 0.717) is 24.8 Å². The van der Waals surface area contributed by atoms with Gasteiger partial charge in [0.2, 0.25) is 11.8 Å². The van der Waals surface area contributed by atoms with Crippen LogP contribution in [0.25, 0.3) is 0 Å². The Morgan fingerprint density at radius 3 is 3.12 bits per heavy atom. The number of aliphatic hydroxyl groups is 1. The van der Waals surface area contributed by atoms with Crippen LogP contribution in [-0.4, -0.2) is 47.5 Å². The molecule has 1 atom stereocenters. The number of rotatable bonds is 3. The Labute approximate surface area is 92.9 Å². The molecule has 0 amide bonds. The lowest BCUT2D eigenvalue weighted by atomic mass is 10.1. The fraction of sp³-hybridized carbons (Fsp3) is 0.600. The van der Waals surface area contributed by atoms with Gasteiger partial charge in [0.25, 0.3) is 0 Å². The van der Waals surface area contributed by atoms with Crippen molar-refractivity contribution in [2.45, 2.75) is 12.1 Å². The monoisotopic (exact) mass is 227 g/mol. The zero-order valence-electron chi connectivity index (χ0n) is 9.06. The third-order valence-corrected chi connectivity index (χ3v) is 2.70. The second kappa shape index (κ2) is 4.21. The van der Waals surface area contributed by atoms with Crippen molar-refractivity contribution in [3.05, 3.63) is 12.3 Å². The fourth-order valence-electron chi connectivity index (χ4n) is 1.73. The van der Waals surface area contributed by atoms with E-state index in [2.05, 4.69) is 9.97 Å². The number of hydrogen-bond acceptors (Lipinski definition) is 5. The highest BCUT2D eigenvalue weighted by molar-refractivity contribution is 5.35. The molecule has 88 valence electrons. The molecule has 0 saturated carbocycles. The Kier molecular flexibility index (Phi) is 2.91. The second-order valence-electron chi connectivity index (χ2n) is 3.88. The molecule has 1 aromatic heterocycles. The number of hydrogen-bond donors (Lipinski definition) is 1. The lowest BCUT2D eigenvalue weighted by molar-refractivity contribution is 0.0909. The summed E-state index contributed by atoms with van der Waals surface area (Å²) in [6.07, 6.45) is 1.86. The van der Waals surface area contributed by atoms with Gasteiger partial charge in [-0.15, -0.1) is 0 Å². The van der Waals surface area contributed by atoms with Gasteiger partial charge >= 0.3 is 0 Å². The SMILES string of the molecule is COc1ccnc(N2CC[C@](F)(CO)C2)n1. The number of halogens is 1. The minimum atomic E-state index is -1.54. The van der Waals surface area contributed by atoms with Gasteiger partial charge in [0.1, 0.15) is 0 Å². The highest BCUT2D eigenvalue weighted by Gasteiger charge is 2.38. The van der Waals surface area contributed by atoms with Crippen LogP contribution in [0.15, 0.2) is 12.3 Å². The van der Waals surface area contributed by atoms with Crippen molar-refractivity contribution in [2.24, 2.45) is 0 Å². The topological polar surface area (TPSA) is 58.5 Å². The maximum absolute atomic E-state index is 13.8. The molecule has 1 N–H and O–H groups in total. The molecule has 1 saturated heterocycles. The molecule has 2 rings (SSSR count). The molecule has 2 heterocycles. The van der Waals surface area contributed by atoms with E-state index in [1.54, 1.807) is 17.2 Å². The van der Waals surface area contributed by atoms with Gasteiger partial charge in [0, 0.05) is 25.2 Å². The minimum Gasteiger partial charge on any atom is -0.481 e. The molecule has 5 nitrogen and oxygen atoms in total. The Morgan fingerprint density at radius 1 is 1.69 bits per heavy atom. The number of ether oxygens (including phenoxy) is 1. The third-order valence-electron chi connectivity index (χ3n) is 2.70. The maximum Gasteiger partial charge on any atom is 0.228 e. The van der Waals surface area contributed by atoms with Crippen LogP contribution in [0.1, 0.15) is 6.42 Å². The first kappa shape index (κ1) is 11.1. The molecule has 1 fully saturated rings. The average Bonchev–Trinajstić information content (AvgIpc) is 2.73. The van der Waals surface area contributed by atoms with Crippen LogP contribution in [-0.2, 0) is 0 Å². The fourth-order valence-corrected chi connectivity index (χ4v) is 1.73. The molecular weight excluding hydrogens is 213 g/mol. The predicted octanol–water partition coefficient (Wildman–Crippen LogP) is 0.396. The van der Waals surface area contributed by atoms with Gasteiger partial charge in [-0.1, -0.05) is 0 Å². The molecule has 0 spiro atoms. The third kappa shape index (κ3) is 2.06. The van der Waals surface area contributed by atoms with Crippen molar-refractivity contribution in [3.63, 3.8) is 0 Å². The van der Waals surface area contributed by atoms with Gasteiger partial charge in [-0.25, -0.2) is 9.37 Å². The van der Waals surface area contributed by atoms with Crippen LogP contribution in [0.3, 0.4) is 0 Å². The van der Waals surface area contributed by atoms with Gasteiger partial charge in [-0.3, -0.25) is 0 Å². The number of alkyl halides is 1. The molecule has 6 heteroatoms. The molecule has 1 aliphatic rings. The number of anilines is 1. The Morgan fingerprint density at radius 2 is 2.50 bits per heavy atom. The highest BCUT2D eigenvalue weighted by atomic mass is 19.1. The van der Waals surface area contributed by atoms with Crippen LogP contribution in [0.2, 0.25) is 0 Å². The molecule has 16 heavy (non-hydrogen) atoms. The van der Waals surface area contributed by atoms with E-state index >= 15 is 0 Å². The summed E-state index contributed by atoms with van der Waals surface area (Å²) in [7, 11) is 1.52. The number of nitrogens with zero attached hydrogens (tertiary/aromatic N) is 3. The van der Waals surface area contributed by atoms with E-state index in [1.807, 2.05) is 0 Å². The van der Waals surface area contributed by atoms with E-state index < -0.39 is 12.3 Å². The molecule has 0 aromatic carbocycles. The van der Waals surface area contributed by atoms with E-state index in [9.17, 15) is 4.39 Å². The van der Waals surface area contributed by atoms with E-state index in [4.69, 9.17) is 9.84 Å². The van der Waals surface area contributed by atoms with Gasteiger partial charge in [-0.05, 0) is 0 Å². The second-order valence-corrected chi connectivity index (χ2v) is 3.88. The standard InChI is InChI=1S/C10H14FN3O2/c1-16-8-2-4-12-9(13-8)14-5-3-10(11,6-14)7-15/h2,4,15H,3,5-7H2,1H3/t10-/m1/s1. The summed E-state index contributed by atoms with van der Waals surface area (Å²) in [6.45, 7) is 0.161. The molecule has 0 bridgehead atoms. The zero-order chi connectivity index (χ0) is 11.6. The van der Waals surface area contributed by atoms with Crippen LogP contribution in [0.4, 0.5) is 10.3 Å². The van der Waals surface area contributed by atoms with Crippen molar-refractivity contribution in [1.82, 2.24) is 9.97 Å². The van der Waals surface area contributed by atoms with Gasteiger partial charge in [0.15, 0.2) is 5.67 Å². The maximum atomic E-state index is 13.8. The van der Waals surface area contributed by atoms with Crippen LogP contribution >= 0.6 is 0 Å². The zero-order valence-corrected chi connectivity index (χ0v) is 9.06. The first-order valence-electron chi connectivity index (χ1n) is 5.09. The van der Waals surface area contributed by atoms with Crippen LogP contribution < -0.4 is 9.64 Å². The van der Waals surface area contributed by atoms with Gasteiger partial charge in [0.05, 0.1) is 20.3 Å². The first-order valence-corrected chi connectivity index (χ1v) is 5.09. The normalized spacial score (nSPS) is 24.8. The quantitative estimate of drug-likeness (QED) is 0.809.